The summed E-state index contributed by atoms with van der Waals surface area (Å²) in [6, 6.07) is 18.3. The highest BCUT2D eigenvalue weighted by Crippen LogP contribution is 2.29. The first-order valence-corrected chi connectivity index (χ1v) is 8.03. The number of hydrogen-bond donors (Lipinski definition) is 1. The van der Waals surface area contributed by atoms with Crippen molar-refractivity contribution < 1.29 is 9.47 Å². The number of ether oxygens (including phenoxy) is 2. The maximum Gasteiger partial charge on any atom is 0.120 e. The number of methoxy groups -OCH3 is 2. The van der Waals surface area contributed by atoms with Crippen LogP contribution in [-0.4, -0.2) is 24.2 Å². The zero-order chi connectivity index (χ0) is 17.2. The van der Waals surface area contributed by atoms with E-state index in [2.05, 4.69) is 28.2 Å². The molecule has 4 heteroatoms. The number of rotatable bonds is 4. The monoisotopic (exact) mass is 330 g/mol. The van der Waals surface area contributed by atoms with Gasteiger partial charge in [0, 0.05) is 46.2 Å². The molecule has 0 aliphatic heterocycles. The van der Waals surface area contributed by atoms with Crippen LogP contribution < -0.4 is 9.47 Å². The van der Waals surface area contributed by atoms with Crippen molar-refractivity contribution in [1.82, 2.24) is 9.97 Å². The standard InChI is InChI=1S/C21H18N2O2/c1-24-18-6-3-14(4-7-18)16-9-17(13-22-12-16)20-10-15-5-8-19(25-2)11-21(15)23-20/h3-13,23H,1-2H3. The average Bonchev–Trinajstić information content (AvgIpc) is 3.11. The first kappa shape index (κ1) is 15.3. The summed E-state index contributed by atoms with van der Waals surface area (Å²) in [5.74, 6) is 1.68. The van der Waals surface area contributed by atoms with Crippen LogP contribution in [0.5, 0.6) is 11.5 Å². The van der Waals surface area contributed by atoms with Crippen molar-refractivity contribution in [2.75, 3.05) is 14.2 Å². The summed E-state index contributed by atoms with van der Waals surface area (Å²) in [7, 11) is 3.34. The van der Waals surface area contributed by atoms with Gasteiger partial charge in [0.05, 0.1) is 14.2 Å². The van der Waals surface area contributed by atoms with Gasteiger partial charge >= 0.3 is 0 Å². The maximum atomic E-state index is 5.29. The molecule has 0 fully saturated rings. The third-order valence-electron chi connectivity index (χ3n) is 4.30. The fourth-order valence-corrected chi connectivity index (χ4v) is 2.92. The summed E-state index contributed by atoms with van der Waals surface area (Å²) in [5, 5.41) is 1.14. The van der Waals surface area contributed by atoms with E-state index in [0.717, 1.165) is 44.8 Å². The van der Waals surface area contributed by atoms with Crippen LogP contribution >= 0.6 is 0 Å². The van der Waals surface area contributed by atoms with Gasteiger partial charge in [-0.1, -0.05) is 12.1 Å². The number of aromatic nitrogens is 2. The predicted molar refractivity (Wildman–Crippen MR) is 100 cm³/mol. The van der Waals surface area contributed by atoms with Gasteiger partial charge in [0.25, 0.3) is 0 Å². The van der Waals surface area contributed by atoms with Gasteiger partial charge in [-0.2, -0.15) is 0 Å². The van der Waals surface area contributed by atoms with Crippen molar-refractivity contribution in [2.24, 2.45) is 0 Å². The Morgan fingerprint density at radius 3 is 2.20 bits per heavy atom. The zero-order valence-corrected chi connectivity index (χ0v) is 14.1. The van der Waals surface area contributed by atoms with Gasteiger partial charge in [-0.15, -0.1) is 0 Å². The minimum Gasteiger partial charge on any atom is -0.497 e. The molecule has 0 atom stereocenters. The zero-order valence-electron chi connectivity index (χ0n) is 14.1. The van der Waals surface area contributed by atoms with Gasteiger partial charge in [-0.05, 0) is 42.0 Å². The summed E-state index contributed by atoms with van der Waals surface area (Å²) in [5.41, 5.74) is 5.29. The Morgan fingerprint density at radius 1 is 0.720 bits per heavy atom. The van der Waals surface area contributed by atoms with E-state index in [4.69, 9.17) is 9.47 Å². The molecule has 2 aromatic heterocycles. The Kier molecular flexibility index (Phi) is 3.86. The van der Waals surface area contributed by atoms with E-state index in [1.54, 1.807) is 14.2 Å². The van der Waals surface area contributed by atoms with E-state index in [-0.39, 0.29) is 0 Å². The lowest BCUT2D eigenvalue weighted by Gasteiger charge is -2.05. The van der Waals surface area contributed by atoms with Gasteiger partial charge in [-0.3, -0.25) is 4.98 Å². The van der Waals surface area contributed by atoms with Gasteiger partial charge in [0.1, 0.15) is 11.5 Å². The van der Waals surface area contributed by atoms with Gasteiger partial charge in [0.2, 0.25) is 0 Å². The molecule has 0 saturated carbocycles. The molecule has 0 amide bonds. The number of nitrogens with one attached hydrogen (secondary N) is 1. The van der Waals surface area contributed by atoms with E-state index in [9.17, 15) is 0 Å². The number of nitrogens with zero attached hydrogens (tertiary/aromatic N) is 1. The molecule has 4 aromatic rings. The third kappa shape index (κ3) is 2.94. The molecule has 0 radical (unpaired) electrons. The van der Waals surface area contributed by atoms with Crippen LogP contribution in [-0.2, 0) is 0 Å². The molecule has 4 nitrogen and oxygen atoms in total. The average molecular weight is 330 g/mol. The summed E-state index contributed by atoms with van der Waals surface area (Å²) in [6.07, 6.45) is 3.74. The summed E-state index contributed by atoms with van der Waals surface area (Å²) in [4.78, 5) is 7.85. The van der Waals surface area contributed by atoms with Crippen LogP contribution in [0, 0.1) is 0 Å². The molecule has 0 aliphatic rings. The molecule has 0 bridgehead atoms. The van der Waals surface area contributed by atoms with Crippen molar-refractivity contribution in [3.63, 3.8) is 0 Å². The quantitative estimate of drug-likeness (QED) is 0.578. The van der Waals surface area contributed by atoms with Gasteiger partial charge < -0.3 is 14.5 Å². The number of H-pyrrole nitrogens is 1. The molecule has 2 heterocycles. The minimum atomic E-state index is 0.839. The third-order valence-corrected chi connectivity index (χ3v) is 4.30. The molecule has 0 unspecified atom stereocenters. The highest BCUT2D eigenvalue weighted by molar-refractivity contribution is 5.87. The van der Waals surface area contributed by atoms with Crippen LogP contribution in [0.2, 0.25) is 0 Å². The van der Waals surface area contributed by atoms with Gasteiger partial charge in [-0.25, -0.2) is 0 Å². The van der Waals surface area contributed by atoms with Gasteiger partial charge in [0.15, 0.2) is 0 Å². The smallest absolute Gasteiger partial charge is 0.120 e. The molecule has 1 N–H and O–H groups in total. The molecule has 0 aliphatic carbocycles. The highest BCUT2D eigenvalue weighted by atomic mass is 16.5. The van der Waals surface area contributed by atoms with Crippen LogP contribution in [0.3, 0.4) is 0 Å². The fraction of sp³-hybridized carbons (Fsp3) is 0.0952. The molecule has 2 aromatic carbocycles. The topological polar surface area (TPSA) is 47.1 Å². The summed E-state index contributed by atoms with van der Waals surface area (Å²) >= 11 is 0. The summed E-state index contributed by atoms with van der Waals surface area (Å²) in [6.45, 7) is 0. The second-order valence-corrected chi connectivity index (χ2v) is 5.83. The lowest BCUT2D eigenvalue weighted by molar-refractivity contribution is 0.415. The van der Waals surface area contributed by atoms with E-state index in [1.165, 1.54) is 0 Å². The minimum absolute atomic E-state index is 0.839. The number of fused-ring (bicyclic) bond motifs is 1. The Labute approximate surface area is 146 Å². The Morgan fingerprint density at radius 2 is 1.44 bits per heavy atom. The van der Waals surface area contributed by atoms with Crippen LogP contribution in [0.1, 0.15) is 0 Å². The summed E-state index contributed by atoms with van der Waals surface area (Å²) < 4.78 is 10.5. The highest BCUT2D eigenvalue weighted by Gasteiger charge is 2.07. The first-order chi connectivity index (χ1) is 12.3. The van der Waals surface area contributed by atoms with Crippen molar-refractivity contribution in [3.8, 4) is 33.9 Å². The van der Waals surface area contributed by atoms with Crippen molar-refractivity contribution >= 4 is 10.9 Å². The van der Waals surface area contributed by atoms with Crippen LogP contribution in [0.4, 0.5) is 0 Å². The first-order valence-electron chi connectivity index (χ1n) is 8.03. The SMILES string of the molecule is COc1ccc(-c2cncc(-c3cc4ccc(OC)cc4[nH]3)c2)cc1. The van der Waals surface area contributed by atoms with E-state index in [1.807, 2.05) is 48.8 Å². The number of benzene rings is 2. The molecular formula is C21H18N2O2. The fourth-order valence-electron chi connectivity index (χ4n) is 2.92. The largest absolute Gasteiger partial charge is 0.497 e. The Bertz CT molecular complexity index is 1020. The van der Waals surface area contributed by atoms with Crippen LogP contribution in [0.25, 0.3) is 33.3 Å². The van der Waals surface area contributed by atoms with E-state index < -0.39 is 0 Å². The number of pyridine rings is 1. The molecule has 0 spiro atoms. The van der Waals surface area contributed by atoms with Crippen molar-refractivity contribution in [3.05, 3.63) is 67.0 Å². The molecule has 25 heavy (non-hydrogen) atoms. The maximum absolute atomic E-state index is 5.29. The molecule has 0 saturated heterocycles. The predicted octanol–water partition coefficient (Wildman–Crippen LogP) is 4.91. The Balaban J connectivity index is 1.73. The van der Waals surface area contributed by atoms with Crippen molar-refractivity contribution in [1.29, 1.82) is 0 Å². The number of hydrogen-bond acceptors (Lipinski definition) is 3. The lowest BCUT2D eigenvalue weighted by atomic mass is 10.0. The molecular weight excluding hydrogens is 312 g/mol. The second-order valence-electron chi connectivity index (χ2n) is 5.83. The molecule has 4 rings (SSSR count). The normalized spacial score (nSPS) is 10.8. The number of aromatic amines is 1. The van der Waals surface area contributed by atoms with E-state index >= 15 is 0 Å². The van der Waals surface area contributed by atoms with E-state index in [0.29, 0.717) is 0 Å². The molecule has 124 valence electrons. The Hall–Kier alpha value is -3.27. The van der Waals surface area contributed by atoms with Crippen LogP contribution in [0.15, 0.2) is 67.0 Å². The second kappa shape index (κ2) is 6.32. The van der Waals surface area contributed by atoms with Crippen molar-refractivity contribution in [2.45, 2.75) is 0 Å². The lowest BCUT2D eigenvalue weighted by Crippen LogP contribution is -1.85.